The molecule has 0 bridgehead atoms. The zero-order chi connectivity index (χ0) is 19.3. The second-order valence-electron chi connectivity index (χ2n) is 5.62. The van der Waals surface area contributed by atoms with Crippen molar-refractivity contribution in [2.45, 2.75) is 60.7 Å². The highest BCUT2D eigenvalue weighted by molar-refractivity contribution is 5.87. The highest BCUT2D eigenvalue weighted by atomic mass is 16.7. The Bertz CT molecular complexity index is 496. The van der Waals surface area contributed by atoms with Gasteiger partial charge in [0.25, 0.3) is 0 Å². The molecule has 0 amide bonds. The van der Waals surface area contributed by atoms with Gasteiger partial charge in [-0.3, -0.25) is 0 Å². The number of ether oxygens (including phenoxy) is 3. The lowest BCUT2D eigenvalue weighted by Crippen LogP contribution is -2.12. The molecule has 0 rings (SSSR count). The van der Waals surface area contributed by atoms with Crippen LogP contribution < -0.4 is 0 Å². The van der Waals surface area contributed by atoms with Crippen LogP contribution in [-0.4, -0.2) is 24.3 Å². The zero-order valence-electron chi connectivity index (χ0n) is 15.8. The monoisotopic (exact) mass is 338 g/mol. The van der Waals surface area contributed by atoms with Gasteiger partial charge in [-0.2, -0.15) is 0 Å². The Kier molecular flexibility index (Phi) is 13.1. The summed E-state index contributed by atoms with van der Waals surface area (Å²) in [7, 11) is 0. The van der Waals surface area contributed by atoms with Crippen molar-refractivity contribution in [2.24, 2.45) is 0 Å². The third-order valence-electron chi connectivity index (χ3n) is 2.04. The molecular formula is C19H30O5. The van der Waals surface area contributed by atoms with Gasteiger partial charge in [-0.25, -0.2) is 9.59 Å². The molecule has 0 aliphatic carbocycles. The summed E-state index contributed by atoms with van der Waals surface area (Å²) in [5.74, 6) is 0.133. The van der Waals surface area contributed by atoms with Gasteiger partial charge in [-0.15, -0.1) is 0 Å². The van der Waals surface area contributed by atoms with E-state index in [0.29, 0.717) is 11.3 Å². The van der Waals surface area contributed by atoms with E-state index in [-0.39, 0.29) is 18.2 Å². The summed E-state index contributed by atoms with van der Waals surface area (Å²) >= 11 is 0. The molecule has 0 saturated carbocycles. The minimum absolute atomic E-state index is 0.0470. The molecule has 0 heterocycles. The van der Waals surface area contributed by atoms with E-state index in [1.54, 1.807) is 59.8 Å². The second-order valence-corrected chi connectivity index (χ2v) is 5.62. The zero-order valence-corrected chi connectivity index (χ0v) is 15.8. The van der Waals surface area contributed by atoms with Gasteiger partial charge in [-0.05, 0) is 60.6 Å². The number of carbonyl (C=O) groups is 2. The van der Waals surface area contributed by atoms with Gasteiger partial charge in [0.05, 0.1) is 12.2 Å². The molecule has 0 aliphatic heterocycles. The molecule has 0 unspecified atom stereocenters. The fourth-order valence-corrected chi connectivity index (χ4v) is 1.04. The van der Waals surface area contributed by atoms with E-state index in [1.807, 2.05) is 6.92 Å². The standard InChI is InChI=1S/C12H18O3.C7H12O2/c1-6-11(8-7-9(2)3)15-12(13)14-10(4)5;1-5(2)7(8)9-6(3)4/h6-8,10H,2H2,1,3-5H3;6H,1H2,2-4H3/b8-7-,11-6+;. The predicted molar refractivity (Wildman–Crippen MR) is 96.5 cm³/mol. The summed E-state index contributed by atoms with van der Waals surface area (Å²) in [5.41, 5.74) is 1.33. The Labute approximate surface area is 145 Å². The molecule has 0 fully saturated rings. The van der Waals surface area contributed by atoms with E-state index >= 15 is 0 Å². The smallest absolute Gasteiger partial charge is 0.460 e. The maximum Gasteiger partial charge on any atom is 0.514 e. The van der Waals surface area contributed by atoms with Crippen LogP contribution in [0.4, 0.5) is 4.79 Å². The SMILES string of the molecule is C=C(C)/C=C\C(=C/C)OC(=O)OC(C)C.C=C(C)C(=O)OC(C)C. The Balaban J connectivity index is 0. The van der Waals surface area contributed by atoms with Crippen molar-refractivity contribution in [1.29, 1.82) is 0 Å². The van der Waals surface area contributed by atoms with Crippen LogP contribution in [0.3, 0.4) is 0 Å². The number of allylic oxidation sites excluding steroid dienone is 4. The molecule has 0 aromatic carbocycles. The van der Waals surface area contributed by atoms with Crippen molar-refractivity contribution in [1.82, 2.24) is 0 Å². The lowest BCUT2D eigenvalue weighted by molar-refractivity contribution is -0.142. The summed E-state index contributed by atoms with van der Waals surface area (Å²) in [6.07, 6.45) is 4.20. The van der Waals surface area contributed by atoms with E-state index < -0.39 is 6.16 Å². The lowest BCUT2D eigenvalue weighted by atomic mass is 10.3. The van der Waals surface area contributed by atoms with Crippen molar-refractivity contribution < 1.29 is 23.8 Å². The first-order chi connectivity index (χ1) is 11.0. The maximum atomic E-state index is 11.1. The van der Waals surface area contributed by atoms with Gasteiger partial charge in [0.15, 0.2) is 0 Å². The summed E-state index contributed by atoms with van der Waals surface area (Å²) in [5, 5.41) is 0. The molecule has 0 aliphatic rings. The van der Waals surface area contributed by atoms with E-state index in [1.165, 1.54) is 0 Å². The number of esters is 1. The van der Waals surface area contributed by atoms with Crippen LogP contribution in [-0.2, 0) is 19.0 Å². The molecule has 24 heavy (non-hydrogen) atoms. The number of hydrogen-bond donors (Lipinski definition) is 0. The highest BCUT2D eigenvalue weighted by Crippen LogP contribution is 2.05. The molecule has 0 aromatic heterocycles. The van der Waals surface area contributed by atoms with Crippen LogP contribution in [0.1, 0.15) is 48.5 Å². The first-order valence-electron chi connectivity index (χ1n) is 7.74. The van der Waals surface area contributed by atoms with Gasteiger partial charge in [-0.1, -0.05) is 24.8 Å². The Morgan fingerprint density at radius 2 is 1.42 bits per heavy atom. The summed E-state index contributed by atoms with van der Waals surface area (Å²) in [6, 6.07) is 0. The van der Waals surface area contributed by atoms with E-state index in [9.17, 15) is 9.59 Å². The molecule has 0 atom stereocenters. The first kappa shape index (κ1) is 24.0. The fraction of sp³-hybridized carbons (Fsp3) is 0.474. The Morgan fingerprint density at radius 1 is 0.917 bits per heavy atom. The van der Waals surface area contributed by atoms with Gasteiger partial charge >= 0.3 is 12.1 Å². The third kappa shape index (κ3) is 16.1. The number of hydrogen-bond acceptors (Lipinski definition) is 5. The number of rotatable bonds is 6. The van der Waals surface area contributed by atoms with Gasteiger partial charge in [0, 0.05) is 5.57 Å². The lowest BCUT2D eigenvalue weighted by Gasteiger charge is -2.08. The van der Waals surface area contributed by atoms with Crippen molar-refractivity contribution in [2.75, 3.05) is 0 Å². The van der Waals surface area contributed by atoms with Crippen LogP contribution in [0.2, 0.25) is 0 Å². The van der Waals surface area contributed by atoms with E-state index in [4.69, 9.17) is 14.2 Å². The molecule has 0 radical (unpaired) electrons. The minimum atomic E-state index is -0.690. The summed E-state index contributed by atoms with van der Waals surface area (Å²) in [6.45, 7) is 19.5. The molecule has 0 N–H and O–H groups in total. The molecule has 5 nitrogen and oxygen atoms in total. The van der Waals surface area contributed by atoms with Crippen molar-refractivity contribution in [3.63, 3.8) is 0 Å². The summed E-state index contributed by atoms with van der Waals surface area (Å²) < 4.78 is 14.5. The van der Waals surface area contributed by atoms with Gasteiger partial charge in [0.1, 0.15) is 5.76 Å². The van der Waals surface area contributed by atoms with Crippen LogP contribution in [0.15, 0.2) is 48.3 Å². The number of carbonyl (C=O) groups excluding carboxylic acids is 2. The largest absolute Gasteiger partial charge is 0.514 e. The van der Waals surface area contributed by atoms with E-state index in [2.05, 4.69) is 13.2 Å². The van der Waals surface area contributed by atoms with Gasteiger partial charge in [0.2, 0.25) is 0 Å². The van der Waals surface area contributed by atoms with Crippen LogP contribution in [0.25, 0.3) is 0 Å². The topological polar surface area (TPSA) is 61.8 Å². The minimum Gasteiger partial charge on any atom is -0.460 e. The second kappa shape index (κ2) is 13.2. The first-order valence-corrected chi connectivity index (χ1v) is 7.74. The fourth-order valence-electron chi connectivity index (χ4n) is 1.04. The Morgan fingerprint density at radius 3 is 1.71 bits per heavy atom. The molecule has 0 saturated heterocycles. The molecule has 5 heteroatoms. The van der Waals surface area contributed by atoms with Crippen LogP contribution in [0, 0.1) is 0 Å². The maximum absolute atomic E-state index is 11.1. The highest BCUT2D eigenvalue weighted by Gasteiger charge is 2.07. The normalized spacial score (nSPS) is 11.0. The average molecular weight is 338 g/mol. The van der Waals surface area contributed by atoms with Crippen molar-refractivity contribution >= 4 is 12.1 Å². The summed E-state index contributed by atoms with van der Waals surface area (Å²) in [4.78, 5) is 21.8. The van der Waals surface area contributed by atoms with Crippen LogP contribution >= 0.6 is 0 Å². The molecular weight excluding hydrogens is 308 g/mol. The third-order valence-corrected chi connectivity index (χ3v) is 2.04. The van der Waals surface area contributed by atoms with Crippen LogP contribution in [0.5, 0.6) is 0 Å². The molecule has 136 valence electrons. The van der Waals surface area contributed by atoms with Crippen molar-refractivity contribution in [3.05, 3.63) is 48.3 Å². The molecule has 0 spiro atoms. The van der Waals surface area contributed by atoms with E-state index in [0.717, 1.165) is 5.57 Å². The van der Waals surface area contributed by atoms with Gasteiger partial charge < -0.3 is 14.2 Å². The molecule has 0 aromatic rings. The quantitative estimate of drug-likeness (QED) is 0.292. The Hall–Kier alpha value is -2.30. The van der Waals surface area contributed by atoms with Crippen molar-refractivity contribution in [3.8, 4) is 0 Å². The average Bonchev–Trinajstić information content (AvgIpc) is 2.42. The predicted octanol–water partition coefficient (Wildman–Crippen LogP) is 5.10.